The van der Waals surface area contributed by atoms with Crippen LogP contribution < -0.4 is 5.43 Å². The minimum atomic E-state index is -0.172. The highest BCUT2D eigenvalue weighted by Gasteiger charge is 2.13. The molecule has 1 fully saturated rings. The van der Waals surface area contributed by atoms with Crippen molar-refractivity contribution in [1.82, 2.24) is 10.4 Å². The Morgan fingerprint density at radius 1 is 1.12 bits per heavy atom. The predicted octanol–water partition coefficient (Wildman–Crippen LogP) is 2.88. The molecule has 1 heterocycles. The Morgan fingerprint density at radius 3 is 2.38 bits per heavy atom. The monoisotopic (exact) mass is 222 g/mol. The molecule has 2 nitrogen and oxygen atoms in total. The summed E-state index contributed by atoms with van der Waals surface area (Å²) in [4.78, 5) is 0. The van der Waals surface area contributed by atoms with Gasteiger partial charge in [-0.05, 0) is 37.5 Å². The third kappa shape index (κ3) is 3.03. The van der Waals surface area contributed by atoms with Gasteiger partial charge in [-0.15, -0.1) is 0 Å². The van der Waals surface area contributed by atoms with E-state index in [2.05, 4.69) is 17.4 Å². The lowest BCUT2D eigenvalue weighted by Gasteiger charge is -2.30. The first-order chi connectivity index (χ1) is 7.75. The molecule has 0 aromatic heterocycles. The van der Waals surface area contributed by atoms with E-state index in [0.29, 0.717) is 0 Å². The molecule has 88 valence electrons. The molecule has 1 saturated heterocycles. The van der Waals surface area contributed by atoms with Gasteiger partial charge in [-0.1, -0.05) is 18.6 Å². The number of hydrogen-bond acceptors (Lipinski definition) is 2. The fourth-order valence-corrected chi connectivity index (χ4v) is 2.12. The molecule has 1 atom stereocenters. The highest BCUT2D eigenvalue weighted by atomic mass is 19.1. The minimum absolute atomic E-state index is 0.172. The van der Waals surface area contributed by atoms with Crippen LogP contribution in [-0.4, -0.2) is 18.1 Å². The van der Waals surface area contributed by atoms with Crippen molar-refractivity contribution in [1.29, 1.82) is 0 Å². The number of halogens is 1. The Bertz CT molecular complexity index is 317. The van der Waals surface area contributed by atoms with Crippen LogP contribution in [0.25, 0.3) is 0 Å². The summed E-state index contributed by atoms with van der Waals surface area (Å²) in [5, 5.41) is 2.28. The summed E-state index contributed by atoms with van der Waals surface area (Å²) in [5.74, 6) is -0.172. The van der Waals surface area contributed by atoms with Gasteiger partial charge < -0.3 is 0 Å². The normalized spacial score (nSPS) is 19.6. The first-order valence-electron chi connectivity index (χ1n) is 6.02. The number of piperidine rings is 1. The van der Waals surface area contributed by atoms with Crippen LogP contribution in [0.1, 0.15) is 37.8 Å². The van der Waals surface area contributed by atoms with Crippen LogP contribution in [0, 0.1) is 5.82 Å². The summed E-state index contributed by atoms with van der Waals surface area (Å²) < 4.78 is 12.8. The van der Waals surface area contributed by atoms with E-state index < -0.39 is 0 Å². The second-order valence-corrected chi connectivity index (χ2v) is 4.45. The summed E-state index contributed by atoms with van der Waals surface area (Å²) in [6.07, 6.45) is 3.87. The smallest absolute Gasteiger partial charge is 0.123 e. The molecule has 1 aliphatic heterocycles. The van der Waals surface area contributed by atoms with Gasteiger partial charge in [0, 0.05) is 19.1 Å². The van der Waals surface area contributed by atoms with Crippen molar-refractivity contribution >= 4 is 0 Å². The van der Waals surface area contributed by atoms with Gasteiger partial charge >= 0.3 is 0 Å². The molecule has 0 amide bonds. The fourth-order valence-electron chi connectivity index (χ4n) is 2.12. The molecule has 1 unspecified atom stereocenters. The van der Waals surface area contributed by atoms with E-state index >= 15 is 0 Å². The minimum Gasteiger partial charge on any atom is -0.248 e. The molecule has 0 aliphatic carbocycles. The number of hydrogen-bond donors (Lipinski definition) is 1. The summed E-state index contributed by atoms with van der Waals surface area (Å²) in [5.41, 5.74) is 4.60. The van der Waals surface area contributed by atoms with Gasteiger partial charge in [0.05, 0.1) is 0 Å². The number of nitrogens with zero attached hydrogens (tertiary/aromatic N) is 1. The van der Waals surface area contributed by atoms with E-state index in [1.807, 2.05) is 12.1 Å². The average Bonchev–Trinajstić information content (AvgIpc) is 2.31. The molecule has 1 aromatic rings. The zero-order valence-corrected chi connectivity index (χ0v) is 9.75. The second kappa shape index (κ2) is 5.41. The van der Waals surface area contributed by atoms with Crippen molar-refractivity contribution in [3.8, 4) is 0 Å². The van der Waals surface area contributed by atoms with Gasteiger partial charge in [0.25, 0.3) is 0 Å². The van der Waals surface area contributed by atoms with Crippen LogP contribution in [0.2, 0.25) is 0 Å². The van der Waals surface area contributed by atoms with Gasteiger partial charge in [-0.3, -0.25) is 0 Å². The van der Waals surface area contributed by atoms with Crippen molar-refractivity contribution < 1.29 is 4.39 Å². The number of hydrazine groups is 1. The third-order valence-corrected chi connectivity index (χ3v) is 3.10. The Labute approximate surface area is 96.4 Å². The number of benzene rings is 1. The maximum Gasteiger partial charge on any atom is 0.123 e. The molecule has 1 aromatic carbocycles. The van der Waals surface area contributed by atoms with Crippen molar-refractivity contribution in [2.45, 2.75) is 32.2 Å². The quantitative estimate of drug-likeness (QED) is 0.846. The molecule has 0 saturated carbocycles. The first kappa shape index (κ1) is 11.6. The Hall–Kier alpha value is -0.930. The van der Waals surface area contributed by atoms with Gasteiger partial charge in [-0.2, -0.15) is 0 Å². The molecular weight excluding hydrogens is 203 g/mol. The van der Waals surface area contributed by atoms with Crippen molar-refractivity contribution in [3.63, 3.8) is 0 Å². The summed E-state index contributed by atoms with van der Waals surface area (Å²) in [6, 6.07) is 6.97. The van der Waals surface area contributed by atoms with Crippen LogP contribution >= 0.6 is 0 Å². The molecule has 0 bridgehead atoms. The first-order valence-corrected chi connectivity index (χ1v) is 6.02. The predicted molar refractivity (Wildman–Crippen MR) is 63.4 cm³/mol. The van der Waals surface area contributed by atoms with E-state index in [1.54, 1.807) is 0 Å². The topological polar surface area (TPSA) is 15.3 Å². The molecule has 1 aliphatic rings. The Kier molecular flexibility index (Phi) is 3.91. The zero-order chi connectivity index (χ0) is 11.4. The van der Waals surface area contributed by atoms with E-state index in [4.69, 9.17) is 0 Å². The average molecular weight is 222 g/mol. The van der Waals surface area contributed by atoms with Gasteiger partial charge in [0.1, 0.15) is 5.82 Å². The molecular formula is C13H19FN2. The lowest BCUT2D eigenvalue weighted by atomic mass is 10.1. The Morgan fingerprint density at radius 2 is 1.75 bits per heavy atom. The van der Waals surface area contributed by atoms with Gasteiger partial charge in [0.15, 0.2) is 0 Å². The molecule has 16 heavy (non-hydrogen) atoms. The third-order valence-electron chi connectivity index (χ3n) is 3.10. The van der Waals surface area contributed by atoms with Crippen LogP contribution in [0.4, 0.5) is 4.39 Å². The van der Waals surface area contributed by atoms with Gasteiger partial charge in [0.2, 0.25) is 0 Å². The van der Waals surface area contributed by atoms with Crippen molar-refractivity contribution in [2.24, 2.45) is 0 Å². The molecule has 2 rings (SSSR count). The summed E-state index contributed by atoms with van der Waals surface area (Å²) in [7, 11) is 0. The largest absolute Gasteiger partial charge is 0.248 e. The van der Waals surface area contributed by atoms with Crippen LogP contribution in [0.3, 0.4) is 0 Å². The maximum atomic E-state index is 12.8. The lowest BCUT2D eigenvalue weighted by Crippen LogP contribution is -2.42. The molecule has 1 N–H and O–H groups in total. The maximum absolute atomic E-state index is 12.8. The SMILES string of the molecule is CC(NN1CCCCC1)c1ccc(F)cc1. The van der Waals surface area contributed by atoms with Crippen LogP contribution in [0.5, 0.6) is 0 Å². The Balaban J connectivity index is 1.91. The second-order valence-electron chi connectivity index (χ2n) is 4.45. The standard InChI is InChI=1S/C13H19FN2/c1-11(12-5-7-13(14)8-6-12)15-16-9-3-2-4-10-16/h5-8,11,15H,2-4,9-10H2,1H3. The van der Waals surface area contributed by atoms with E-state index in [-0.39, 0.29) is 11.9 Å². The highest BCUT2D eigenvalue weighted by Crippen LogP contribution is 2.15. The van der Waals surface area contributed by atoms with E-state index in [0.717, 1.165) is 18.7 Å². The van der Waals surface area contributed by atoms with Crippen LogP contribution in [-0.2, 0) is 0 Å². The zero-order valence-electron chi connectivity index (χ0n) is 9.75. The lowest BCUT2D eigenvalue weighted by molar-refractivity contribution is 0.133. The van der Waals surface area contributed by atoms with Crippen LogP contribution in [0.15, 0.2) is 24.3 Å². The van der Waals surface area contributed by atoms with Crippen molar-refractivity contribution in [2.75, 3.05) is 13.1 Å². The molecule has 0 spiro atoms. The fraction of sp³-hybridized carbons (Fsp3) is 0.538. The van der Waals surface area contributed by atoms with E-state index in [9.17, 15) is 4.39 Å². The van der Waals surface area contributed by atoms with Gasteiger partial charge in [-0.25, -0.2) is 14.8 Å². The highest BCUT2D eigenvalue weighted by molar-refractivity contribution is 5.19. The van der Waals surface area contributed by atoms with Crippen molar-refractivity contribution in [3.05, 3.63) is 35.6 Å². The molecule has 3 heteroatoms. The number of nitrogens with one attached hydrogen (secondary N) is 1. The molecule has 0 radical (unpaired) electrons. The van der Waals surface area contributed by atoms with E-state index in [1.165, 1.54) is 31.4 Å². The number of rotatable bonds is 3. The summed E-state index contributed by atoms with van der Waals surface area (Å²) in [6.45, 7) is 4.35. The summed E-state index contributed by atoms with van der Waals surface area (Å²) >= 11 is 0.